The smallest absolute Gasteiger partial charge is 0.246 e. The maximum Gasteiger partial charge on any atom is 0.246 e. The monoisotopic (exact) mass is 350 g/mol. The highest BCUT2D eigenvalue weighted by atomic mass is 79.9. The van der Waals surface area contributed by atoms with Crippen molar-refractivity contribution < 1.29 is 4.79 Å². The number of hydrogen-bond donors (Lipinski definition) is 2. The van der Waals surface area contributed by atoms with Crippen molar-refractivity contribution in [3.8, 4) is 0 Å². The van der Waals surface area contributed by atoms with Gasteiger partial charge in [0, 0.05) is 17.2 Å². The van der Waals surface area contributed by atoms with Gasteiger partial charge in [-0.25, -0.2) is 0 Å². The second kappa shape index (κ2) is 6.30. The molecular weight excluding hydrogens is 332 g/mol. The molecule has 21 heavy (non-hydrogen) atoms. The molecule has 2 aromatic rings. The van der Waals surface area contributed by atoms with Gasteiger partial charge < -0.3 is 10.6 Å². The standard InChI is InChI=1S/C15H19BrN4O/c1-9-14(11(3)20(4)19-9)18-15(21)10(2)17-13-7-5-12(16)6-8-13/h5-8,10,17H,1-4H3,(H,18,21)/t10-/m1/s1. The predicted molar refractivity (Wildman–Crippen MR) is 88.5 cm³/mol. The van der Waals surface area contributed by atoms with Crippen LogP contribution in [0.1, 0.15) is 18.3 Å². The van der Waals surface area contributed by atoms with Gasteiger partial charge in [-0.3, -0.25) is 9.48 Å². The van der Waals surface area contributed by atoms with Gasteiger partial charge in [-0.15, -0.1) is 0 Å². The van der Waals surface area contributed by atoms with E-state index in [0.29, 0.717) is 0 Å². The van der Waals surface area contributed by atoms with Crippen LogP contribution in [0.3, 0.4) is 0 Å². The molecule has 1 aromatic carbocycles. The zero-order valence-corrected chi connectivity index (χ0v) is 14.2. The average Bonchev–Trinajstić information content (AvgIpc) is 2.68. The van der Waals surface area contributed by atoms with Crippen LogP contribution in [-0.4, -0.2) is 21.7 Å². The van der Waals surface area contributed by atoms with Crippen molar-refractivity contribution in [3.63, 3.8) is 0 Å². The third-order valence-corrected chi connectivity index (χ3v) is 3.91. The van der Waals surface area contributed by atoms with E-state index >= 15 is 0 Å². The van der Waals surface area contributed by atoms with Gasteiger partial charge in [0.25, 0.3) is 0 Å². The van der Waals surface area contributed by atoms with Gasteiger partial charge in [-0.1, -0.05) is 15.9 Å². The van der Waals surface area contributed by atoms with Crippen molar-refractivity contribution in [2.75, 3.05) is 10.6 Å². The van der Waals surface area contributed by atoms with E-state index in [0.717, 1.165) is 27.2 Å². The lowest BCUT2D eigenvalue weighted by Crippen LogP contribution is -2.32. The molecule has 0 radical (unpaired) electrons. The molecule has 0 aliphatic carbocycles. The summed E-state index contributed by atoms with van der Waals surface area (Å²) in [4.78, 5) is 12.3. The lowest BCUT2D eigenvalue weighted by molar-refractivity contribution is -0.116. The molecule has 2 N–H and O–H groups in total. The van der Waals surface area contributed by atoms with Crippen LogP contribution in [-0.2, 0) is 11.8 Å². The number of hydrogen-bond acceptors (Lipinski definition) is 3. The molecule has 1 aromatic heterocycles. The molecule has 5 nitrogen and oxygen atoms in total. The molecule has 2 rings (SSSR count). The SMILES string of the molecule is Cc1nn(C)c(C)c1NC(=O)[C@@H](C)Nc1ccc(Br)cc1. The number of carbonyl (C=O) groups is 1. The van der Waals surface area contributed by atoms with Crippen LogP contribution in [0.15, 0.2) is 28.7 Å². The lowest BCUT2D eigenvalue weighted by Gasteiger charge is -2.15. The Bertz CT molecular complexity index is 648. The minimum Gasteiger partial charge on any atom is -0.374 e. The molecule has 0 aliphatic rings. The van der Waals surface area contributed by atoms with Gasteiger partial charge >= 0.3 is 0 Å². The Hall–Kier alpha value is -1.82. The van der Waals surface area contributed by atoms with Crippen LogP contribution in [0.5, 0.6) is 0 Å². The quantitative estimate of drug-likeness (QED) is 0.889. The van der Waals surface area contributed by atoms with Crippen molar-refractivity contribution in [1.29, 1.82) is 0 Å². The molecule has 1 heterocycles. The number of halogens is 1. The second-order valence-corrected chi connectivity index (χ2v) is 5.95. The van der Waals surface area contributed by atoms with Gasteiger partial charge in [-0.2, -0.15) is 5.10 Å². The van der Waals surface area contributed by atoms with Crippen LogP contribution in [0, 0.1) is 13.8 Å². The van der Waals surface area contributed by atoms with E-state index in [-0.39, 0.29) is 11.9 Å². The van der Waals surface area contributed by atoms with Crippen LogP contribution in [0.4, 0.5) is 11.4 Å². The number of amides is 1. The summed E-state index contributed by atoms with van der Waals surface area (Å²) in [6, 6.07) is 7.37. The number of rotatable bonds is 4. The fourth-order valence-electron chi connectivity index (χ4n) is 2.05. The van der Waals surface area contributed by atoms with E-state index < -0.39 is 0 Å². The van der Waals surface area contributed by atoms with Crippen molar-refractivity contribution in [1.82, 2.24) is 9.78 Å². The third kappa shape index (κ3) is 3.64. The molecule has 0 unspecified atom stereocenters. The molecule has 0 spiro atoms. The molecular formula is C15H19BrN4O. The number of nitrogens with one attached hydrogen (secondary N) is 2. The molecule has 0 saturated heterocycles. The van der Waals surface area contributed by atoms with Gasteiger partial charge in [-0.05, 0) is 45.0 Å². The first-order chi connectivity index (χ1) is 9.88. The van der Waals surface area contributed by atoms with Crippen molar-refractivity contribution in [3.05, 3.63) is 40.1 Å². The van der Waals surface area contributed by atoms with E-state index in [2.05, 4.69) is 31.7 Å². The Morgan fingerprint density at radius 1 is 1.29 bits per heavy atom. The first-order valence-electron chi connectivity index (χ1n) is 6.71. The summed E-state index contributed by atoms with van der Waals surface area (Å²) >= 11 is 3.39. The first kappa shape index (κ1) is 15.6. The summed E-state index contributed by atoms with van der Waals surface area (Å²) in [6.07, 6.45) is 0. The lowest BCUT2D eigenvalue weighted by atomic mass is 10.2. The Morgan fingerprint density at radius 3 is 2.43 bits per heavy atom. The van der Waals surface area contributed by atoms with E-state index in [9.17, 15) is 4.79 Å². The maximum atomic E-state index is 12.3. The van der Waals surface area contributed by atoms with E-state index in [4.69, 9.17) is 0 Å². The molecule has 0 aliphatic heterocycles. The van der Waals surface area contributed by atoms with Gasteiger partial charge in [0.1, 0.15) is 6.04 Å². The van der Waals surface area contributed by atoms with E-state index in [1.165, 1.54) is 0 Å². The molecule has 1 amide bonds. The van der Waals surface area contributed by atoms with Crippen molar-refractivity contribution in [2.45, 2.75) is 26.8 Å². The largest absolute Gasteiger partial charge is 0.374 e. The normalized spacial score (nSPS) is 12.0. The predicted octanol–water partition coefficient (Wildman–Crippen LogP) is 3.24. The van der Waals surface area contributed by atoms with E-state index in [1.54, 1.807) is 4.68 Å². The molecule has 6 heteroatoms. The Balaban J connectivity index is 2.04. The summed E-state index contributed by atoms with van der Waals surface area (Å²) in [7, 11) is 1.86. The Labute approximate surface area is 132 Å². The number of aromatic nitrogens is 2. The van der Waals surface area contributed by atoms with E-state index in [1.807, 2.05) is 52.1 Å². The first-order valence-corrected chi connectivity index (χ1v) is 7.51. The zero-order chi connectivity index (χ0) is 15.6. The van der Waals surface area contributed by atoms with Gasteiger partial charge in [0.05, 0.1) is 17.1 Å². The molecule has 1 atom stereocenters. The molecule has 0 bridgehead atoms. The third-order valence-electron chi connectivity index (χ3n) is 3.38. The fourth-order valence-corrected chi connectivity index (χ4v) is 2.31. The van der Waals surface area contributed by atoms with Gasteiger partial charge in [0.15, 0.2) is 0 Å². The number of anilines is 2. The summed E-state index contributed by atoms with van der Waals surface area (Å²) in [5.41, 5.74) is 3.45. The summed E-state index contributed by atoms with van der Waals surface area (Å²) in [6.45, 7) is 5.65. The summed E-state index contributed by atoms with van der Waals surface area (Å²) in [5.74, 6) is -0.0860. The molecule has 0 saturated carbocycles. The number of benzene rings is 1. The van der Waals surface area contributed by atoms with Crippen molar-refractivity contribution in [2.24, 2.45) is 7.05 Å². The number of nitrogens with zero attached hydrogens (tertiary/aromatic N) is 2. The minimum atomic E-state index is -0.342. The maximum absolute atomic E-state index is 12.3. The van der Waals surface area contributed by atoms with Crippen LogP contribution in [0.25, 0.3) is 0 Å². The summed E-state index contributed by atoms with van der Waals surface area (Å²) in [5, 5.41) is 10.4. The fraction of sp³-hybridized carbons (Fsp3) is 0.333. The number of carbonyl (C=O) groups excluding carboxylic acids is 1. The molecule has 112 valence electrons. The average molecular weight is 351 g/mol. The van der Waals surface area contributed by atoms with Crippen LogP contribution in [0.2, 0.25) is 0 Å². The van der Waals surface area contributed by atoms with Gasteiger partial charge in [0.2, 0.25) is 5.91 Å². The van der Waals surface area contributed by atoms with Crippen LogP contribution < -0.4 is 10.6 Å². The highest BCUT2D eigenvalue weighted by molar-refractivity contribution is 9.10. The minimum absolute atomic E-state index is 0.0860. The Morgan fingerprint density at radius 2 is 1.90 bits per heavy atom. The zero-order valence-electron chi connectivity index (χ0n) is 12.6. The second-order valence-electron chi connectivity index (χ2n) is 5.03. The van der Waals surface area contributed by atoms with Crippen molar-refractivity contribution >= 4 is 33.2 Å². The molecule has 0 fully saturated rings. The topological polar surface area (TPSA) is 59.0 Å². The Kier molecular flexibility index (Phi) is 4.67. The highest BCUT2D eigenvalue weighted by Crippen LogP contribution is 2.19. The number of aryl methyl sites for hydroxylation is 2. The summed E-state index contributed by atoms with van der Waals surface area (Å²) < 4.78 is 2.77. The highest BCUT2D eigenvalue weighted by Gasteiger charge is 2.17. The van der Waals surface area contributed by atoms with Crippen LogP contribution >= 0.6 is 15.9 Å².